The predicted octanol–water partition coefficient (Wildman–Crippen LogP) is 0.558. The molecule has 94 valence electrons. The first kappa shape index (κ1) is 12.1. The summed E-state index contributed by atoms with van der Waals surface area (Å²) in [5, 5.41) is 12.0. The average Bonchev–Trinajstić information content (AvgIpc) is 2.89. The number of amides is 1. The highest BCUT2D eigenvalue weighted by atomic mass is 16.5. The molecule has 5 heteroatoms. The van der Waals surface area contributed by atoms with E-state index in [2.05, 4.69) is 5.32 Å². The van der Waals surface area contributed by atoms with Gasteiger partial charge in [0.2, 0.25) is 5.91 Å². The Bertz CT molecular complexity index is 358. The normalized spacial score (nSPS) is 32.9. The van der Waals surface area contributed by atoms with Gasteiger partial charge in [0.25, 0.3) is 0 Å². The predicted molar refractivity (Wildman–Crippen MR) is 60.4 cm³/mol. The van der Waals surface area contributed by atoms with Crippen LogP contribution < -0.4 is 5.32 Å². The van der Waals surface area contributed by atoms with Crippen molar-refractivity contribution in [3.8, 4) is 0 Å². The first-order chi connectivity index (χ1) is 8.04. The fraction of sp³-hybridized carbons (Fsp3) is 0.667. The molecule has 0 aromatic rings. The highest BCUT2D eigenvalue weighted by molar-refractivity contribution is 5.82. The second-order valence-electron chi connectivity index (χ2n) is 4.94. The zero-order valence-electron chi connectivity index (χ0n) is 9.81. The molecular formula is C12H17NO4. The molecule has 1 saturated heterocycles. The van der Waals surface area contributed by atoms with E-state index in [1.807, 2.05) is 12.2 Å². The van der Waals surface area contributed by atoms with E-state index in [-0.39, 0.29) is 25.0 Å². The summed E-state index contributed by atoms with van der Waals surface area (Å²) in [6.07, 6.45) is 5.43. The molecular weight excluding hydrogens is 222 g/mol. The maximum atomic E-state index is 11.9. The number of rotatable bonds is 3. The molecule has 0 bridgehead atoms. The fourth-order valence-electron chi connectivity index (χ4n) is 2.21. The van der Waals surface area contributed by atoms with Crippen molar-refractivity contribution in [3.05, 3.63) is 12.2 Å². The summed E-state index contributed by atoms with van der Waals surface area (Å²) in [5.41, 5.74) is -1.01. The van der Waals surface area contributed by atoms with Crippen LogP contribution in [0, 0.1) is 11.3 Å². The van der Waals surface area contributed by atoms with E-state index in [0.717, 1.165) is 12.8 Å². The standard InChI is InChI=1S/C12H17NO4/c1-12(11(15)16)7-17-6-9(12)13-10(14)8-4-2-3-5-8/h2-3,8-9H,4-7H2,1H3,(H,13,14)(H,15,16). The molecule has 1 amide bonds. The number of carboxylic acid groups (broad SMARTS) is 1. The van der Waals surface area contributed by atoms with Crippen LogP contribution in [0.5, 0.6) is 0 Å². The summed E-state index contributed by atoms with van der Waals surface area (Å²) < 4.78 is 5.19. The Hall–Kier alpha value is -1.36. The molecule has 1 aliphatic heterocycles. The lowest BCUT2D eigenvalue weighted by atomic mass is 9.85. The molecule has 2 atom stereocenters. The summed E-state index contributed by atoms with van der Waals surface area (Å²) in [7, 11) is 0. The third-order valence-electron chi connectivity index (χ3n) is 3.64. The third-order valence-corrected chi connectivity index (χ3v) is 3.64. The second-order valence-corrected chi connectivity index (χ2v) is 4.94. The van der Waals surface area contributed by atoms with Crippen molar-refractivity contribution in [2.75, 3.05) is 13.2 Å². The van der Waals surface area contributed by atoms with E-state index in [9.17, 15) is 14.7 Å². The van der Waals surface area contributed by atoms with Gasteiger partial charge in [-0.1, -0.05) is 12.2 Å². The van der Waals surface area contributed by atoms with Crippen molar-refractivity contribution in [1.82, 2.24) is 5.32 Å². The van der Waals surface area contributed by atoms with Crippen LogP contribution in [0.15, 0.2) is 12.2 Å². The van der Waals surface area contributed by atoms with Gasteiger partial charge in [-0.3, -0.25) is 9.59 Å². The Morgan fingerprint density at radius 3 is 2.65 bits per heavy atom. The topological polar surface area (TPSA) is 75.6 Å². The number of ether oxygens (including phenoxy) is 1. The van der Waals surface area contributed by atoms with Gasteiger partial charge in [-0.2, -0.15) is 0 Å². The number of carbonyl (C=O) groups excluding carboxylic acids is 1. The van der Waals surface area contributed by atoms with Gasteiger partial charge < -0.3 is 15.2 Å². The maximum absolute atomic E-state index is 11.9. The van der Waals surface area contributed by atoms with Gasteiger partial charge in [0, 0.05) is 5.92 Å². The first-order valence-electron chi connectivity index (χ1n) is 5.80. The molecule has 0 aromatic heterocycles. The van der Waals surface area contributed by atoms with Crippen molar-refractivity contribution >= 4 is 11.9 Å². The number of nitrogens with one attached hydrogen (secondary N) is 1. The molecule has 17 heavy (non-hydrogen) atoms. The smallest absolute Gasteiger partial charge is 0.313 e. The summed E-state index contributed by atoms with van der Waals surface area (Å²) in [6.45, 7) is 2.03. The van der Waals surface area contributed by atoms with Crippen LogP contribution in [-0.4, -0.2) is 36.2 Å². The molecule has 0 radical (unpaired) electrons. The summed E-state index contributed by atoms with van der Waals surface area (Å²) in [4.78, 5) is 23.1. The van der Waals surface area contributed by atoms with Crippen LogP contribution in [0.4, 0.5) is 0 Å². The second kappa shape index (κ2) is 4.49. The lowest BCUT2D eigenvalue weighted by molar-refractivity contribution is -0.149. The van der Waals surface area contributed by atoms with E-state index in [4.69, 9.17) is 4.74 Å². The molecule has 1 aliphatic carbocycles. The minimum Gasteiger partial charge on any atom is -0.481 e. The third kappa shape index (κ3) is 2.20. The summed E-state index contributed by atoms with van der Waals surface area (Å²) in [5.74, 6) is -1.04. The maximum Gasteiger partial charge on any atom is 0.313 e. The minimum atomic E-state index is -1.01. The molecule has 0 spiro atoms. The van der Waals surface area contributed by atoms with Gasteiger partial charge in [-0.25, -0.2) is 0 Å². The number of aliphatic carboxylic acids is 1. The van der Waals surface area contributed by atoms with Crippen LogP contribution in [-0.2, 0) is 14.3 Å². The Morgan fingerprint density at radius 2 is 2.06 bits per heavy atom. The van der Waals surface area contributed by atoms with Gasteiger partial charge in [0.05, 0.1) is 19.3 Å². The SMILES string of the molecule is CC1(C(=O)O)COCC1NC(=O)C1CC=CC1. The number of allylic oxidation sites excluding steroid dienone is 2. The van der Waals surface area contributed by atoms with E-state index >= 15 is 0 Å². The van der Waals surface area contributed by atoms with Crippen LogP contribution in [0.1, 0.15) is 19.8 Å². The average molecular weight is 239 g/mol. The van der Waals surface area contributed by atoms with Gasteiger partial charge in [-0.05, 0) is 19.8 Å². The zero-order chi connectivity index (χ0) is 12.5. The summed E-state index contributed by atoms with van der Waals surface area (Å²) >= 11 is 0. The lowest BCUT2D eigenvalue weighted by Gasteiger charge is -2.26. The van der Waals surface area contributed by atoms with Gasteiger partial charge in [0.15, 0.2) is 0 Å². The van der Waals surface area contributed by atoms with Crippen molar-refractivity contribution < 1.29 is 19.4 Å². The molecule has 1 fully saturated rings. The molecule has 0 saturated carbocycles. The van der Waals surface area contributed by atoms with E-state index < -0.39 is 17.4 Å². The number of carbonyl (C=O) groups is 2. The van der Waals surface area contributed by atoms with E-state index in [0.29, 0.717) is 0 Å². The monoisotopic (exact) mass is 239 g/mol. The Kier molecular flexibility index (Phi) is 3.19. The van der Waals surface area contributed by atoms with E-state index in [1.165, 1.54) is 0 Å². The highest BCUT2D eigenvalue weighted by Gasteiger charge is 2.47. The molecule has 1 heterocycles. The number of hydrogen-bond acceptors (Lipinski definition) is 3. The van der Waals surface area contributed by atoms with Crippen molar-refractivity contribution in [2.24, 2.45) is 11.3 Å². The molecule has 2 N–H and O–H groups in total. The van der Waals surface area contributed by atoms with Crippen LogP contribution in [0.3, 0.4) is 0 Å². The van der Waals surface area contributed by atoms with Crippen LogP contribution >= 0.6 is 0 Å². The first-order valence-corrected chi connectivity index (χ1v) is 5.80. The number of hydrogen-bond donors (Lipinski definition) is 2. The van der Waals surface area contributed by atoms with Gasteiger partial charge in [-0.15, -0.1) is 0 Å². The Morgan fingerprint density at radius 1 is 1.41 bits per heavy atom. The zero-order valence-corrected chi connectivity index (χ0v) is 9.81. The Balaban J connectivity index is 1.98. The fourth-order valence-corrected chi connectivity index (χ4v) is 2.21. The van der Waals surface area contributed by atoms with Crippen molar-refractivity contribution in [1.29, 1.82) is 0 Å². The van der Waals surface area contributed by atoms with Crippen molar-refractivity contribution in [2.45, 2.75) is 25.8 Å². The largest absolute Gasteiger partial charge is 0.481 e. The minimum absolute atomic E-state index is 0.0476. The molecule has 2 rings (SSSR count). The van der Waals surface area contributed by atoms with Crippen LogP contribution in [0.2, 0.25) is 0 Å². The quantitative estimate of drug-likeness (QED) is 0.705. The molecule has 0 aromatic carbocycles. The lowest BCUT2D eigenvalue weighted by Crippen LogP contribution is -2.50. The molecule has 2 unspecified atom stereocenters. The number of carboxylic acids is 1. The van der Waals surface area contributed by atoms with Gasteiger partial charge in [0.1, 0.15) is 5.41 Å². The van der Waals surface area contributed by atoms with Crippen LogP contribution in [0.25, 0.3) is 0 Å². The molecule has 2 aliphatic rings. The van der Waals surface area contributed by atoms with Gasteiger partial charge >= 0.3 is 5.97 Å². The summed E-state index contributed by atoms with van der Waals surface area (Å²) in [6, 6.07) is -0.437. The Labute approximate surface area is 99.8 Å². The van der Waals surface area contributed by atoms with Crippen molar-refractivity contribution in [3.63, 3.8) is 0 Å². The highest BCUT2D eigenvalue weighted by Crippen LogP contribution is 2.29. The molecule has 5 nitrogen and oxygen atoms in total. The van der Waals surface area contributed by atoms with E-state index in [1.54, 1.807) is 6.92 Å².